The molecule has 1 aliphatic carbocycles. The molecular weight excluding hydrogens is 521 g/mol. The van der Waals surface area contributed by atoms with E-state index in [0.717, 1.165) is 53.3 Å². The first-order valence-electron chi connectivity index (χ1n) is 13.9. The predicted molar refractivity (Wildman–Crippen MR) is 168 cm³/mol. The summed E-state index contributed by atoms with van der Waals surface area (Å²) in [7, 11) is 0. The van der Waals surface area contributed by atoms with E-state index in [1.807, 2.05) is 25.1 Å². The van der Waals surface area contributed by atoms with Gasteiger partial charge in [0.15, 0.2) is 0 Å². The Morgan fingerprint density at radius 3 is 2.46 bits per heavy atom. The normalized spacial score (nSPS) is 20.1. The molecule has 1 saturated heterocycles. The highest BCUT2D eigenvalue weighted by Crippen LogP contribution is 2.48. The lowest BCUT2D eigenvalue weighted by Crippen LogP contribution is -2.31. The molecule has 0 aromatic heterocycles. The molecule has 0 saturated carbocycles. The molecular formula is C34H37Cl2N3. The van der Waals surface area contributed by atoms with Crippen LogP contribution in [0.2, 0.25) is 10.0 Å². The van der Waals surface area contributed by atoms with Gasteiger partial charge in [-0.1, -0.05) is 91.7 Å². The third kappa shape index (κ3) is 6.17. The van der Waals surface area contributed by atoms with E-state index in [0.29, 0.717) is 10.0 Å². The number of nitrogens with one attached hydrogen (secondary N) is 1. The fourth-order valence-corrected chi connectivity index (χ4v) is 6.23. The molecule has 3 nitrogen and oxygen atoms in total. The number of fused-ring (bicyclic) bond motifs is 1. The van der Waals surface area contributed by atoms with E-state index in [1.165, 1.54) is 43.5 Å². The minimum absolute atomic E-state index is 0.279. The number of aliphatic imine (C=N–C) groups is 1. The molecule has 3 aromatic carbocycles. The molecule has 0 unspecified atom stereocenters. The standard InChI is InChI=1S/C34H37Cl2N3/c1-4-26-23-34(3,27-14-17-31(35)32(36)22-27)30-11-7-6-10-29(30)33(26)38-24(2)37-28-15-12-25(13-16-28)18-21-39-19-8-5-9-20-39/h4,6-7,10-17,22H,1,5,8-9,18-21,23H2,2-3H3,(H,37,38)/t34-/m0/s1. The van der Waals surface area contributed by atoms with Crippen molar-refractivity contribution >= 4 is 40.4 Å². The summed E-state index contributed by atoms with van der Waals surface area (Å²) in [6.45, 7) is 12.1. The first kappa shape index (κ1) is 27.7. The predicted octanol–water partition coefficient (Wildman–Crippen LogP) is 9.16. The van der Waals surface area contributed by atoms with Crippen LogP contribution in [-0.4, -0.2) is 30.4 Å². The molecule has 1 aliphatic heterocycles. The van der Waals surface area contributed by atoms with E-state index < -0.39 is 0 Å². The maximum atomic E-state index is 6.43. The maximum absolute atomic E-state index is 6.43. The van der Waals surface area contributed by atoms with Gasteiger partial charge in [-0.25, -0.2) is 4.99 Å². The van der Waals surface area contributed by atoms with Gasteiger partial charge in [-0.15, -0.1) is 0 Å². The Balaban J connectivity index is 1.37. The van der Waals surface area contributed by atoms with Crippen LogP contribution in [0.1, 0.15) is 61.8 Å². The molecule has 3 aromatic rings. The van der Waals surface area contributed by atoms with Crippen molar-refractivity contribution < 1.29 is 0 Å². The number of benzene rings is 3. The molecule has 0 spiro atoms. The van der Waals surface area contributed by atoms with Crippen molar-refractivity contribution in [2.75, 3.05) is 25.0 Å². The van der Waals surface area contributed by atoms with Crippen molar-refractivity contribution in [1.82, 2.24) is 4.90 Å². The van der Waals surface area contributed by atoms with E-state index in [9.17, 15) is 0 Å². The van der Waals surface area contributed by atoms with Crippen LogP contribution in [0.25, 0.3) is 5.70 Å². The largest absolute Gasteiger partial charge is 0.344 e. The Hall–Kier alpha value is -2.85. The second-order valence-corrected chi connectivity index (χ2v) is 11.7. The number of anilines is 1. The van der Waals surface area contributed by atoms with Gasteiger partial charge in [0, 0.05) is 23.2 Å². The van der Waals surface area contributed by atoms with Crippen molar-refractivity contribution in [2.45, 2.75) is 51.4 Å². The number of amidine groups is 1. The molecule has 1 atom stereocenters. The quantitative estimate of drug-likeness (QED) is 0.231. The summed E-state index contributed by atoms with van der Waals surface area (Å²) in [6, 6.07) is 23.2. The Bertz CT molecular complexity index is 1400. The zero-order valence-electron chi connectivity index (χ0n) is 22.9. The Morgan fingerprint density at radius 2 is 1.74 bits per heavy atom. The van der Waals surface area contributed by atoms with Crippen molar-refractivity contribution in [3.8, 4) is 0 Å². The number of rotatable bonds is 7. The Morgan fingerprint density at radius 1 is 1.00 bits per heavy atom. The molecule has 1 fully saturated rings. The van der Waals surface area contributed by atoms with Gasteiger partial charge in [0.05, 0.1) is 15.7 Å². The fraction of sp³-hybridized carbons (Fsp3) is 0.324. The highest BCUT2D eigenvalue weighted by Gasteiger charge is 2.37. The number of allylic oxidation sites excluding steroid dienone is 2. The smallest absolute Gasteiger partial charge is 0.103 e. The average Bonchev–Trinajstić information content (AvgIpc) is 2.96. The second-order valence-electron chi connectivity index (χ2n) is 10.9. The summed E-state index contributed by atoms with van der Waals surface area (Å²) in [5.74, 6) is 0.846. The van der Waals surface area contributed by atoms with Crippen molar-refractivity contribution in [2.24, 2.45) is 4.99 Å². The van der Waals surface area contributed by atoms with Gasteiger partial charge < -0.3 is 10.2 Å². The van der Waals surface area contributed by atoms with E-state index in [1.54, 1.807) is 0 Å². The topological polar surface area (TPSA) is 27.6 Å². The fourth-order valence-electron chi connectivity index (χ4n) is 5.93. The summed E-state index contributed by atoms with van der Waals surface area (Å²) in [5, 5.41) is 4.63. The summed E-state index contributed by atoms with van der Waals surface area (Å²) in [5.41, 5.74) is 7.67. The highest BCUT2D eigenvalue weighted by atomic mass is 35.5. The minimum atomic E-state index is -0.279. The van der Waals surface area contributed by atoms with Gasteiger partial charge in [-0.3, -0.25) is 0 Å². The van der Waals surface area contributed by atoms with E-state index in [-0.39, 0.29) is 5.41 Å². The summed E-state index contributed by atoms with van der Waals surface area (Å²) >= 11 is 12.7. The second kappa shape index (κ2) is 12.1. The monoisotopic (exact) mass is 557 g/mol. The summed E-state index contributed by atoms with van der Waals surface area (Å²) in [6.07, 6.45) is 7.86. The van der Waals surface area contributed by atoms with E-state index in [4.69, 9.17) is 28.2 Å². The van der Waals surface area contributed by atoms with Crippen LogP contribution in [0.15, 0.2) is 90.0 Å². The third-order valence-corrected chi connectivity index (χ3v) is 8.89. The van der Waals surface area contributed by atoms with Crippen LogP contribution in [-0.2, 0) is 11.8 Å². The van der Waals surface area contributed by atoms with Crippen molar-refractivity contribution in [1.29, 1.82) is 0 Å². The van der Waals surface area contributed by atoms with Gasteiger partial charge in [-0.05, 0) is 92.2 Å². The van der Waals surface area contributed by atoms with Gasteiger partial charge in [0.25, 0.3) is 0 Å². The third-order valence-electron chi connectivity index (χ3n) is 8.15. The number of piperidine rings is 1. The first-order chi connectivity index (χ1) is 18.9. The van der Waals surface area contributed by atoms with Gasteiger partial charge in [0.2, 0.25) is 0 Å². The zero-order valence-corrected chi connectivity index (χ0v) is 24.5. The van der Waals surface area contributed by atoms with Crippen LogP contribution in [0.5, 0.6) is 0 Å². The molecule has 0 bridgehead atoms. The number of likely N-dealkylation sites (tertiary alicyclic amines) is 1. The Labute approximate surface area is 243 Å². The molecule has 202 valence electrons. The van der Waals surface area contributed by atoms with Crippen LogP contribution < -0.4 is 5.32 Å². The number of nitrogens with zero attached hydrogens (tertiary/aromatic N) is 2. The maximum Gasteiger partial charge on any atom is 0.103 e. The SMILES string of the molecule is C=CC1=C(N=C(C)Nc2ccc(CCN3CCCCC3)cc2)c2ccccc2[C@](C)(c2ccc(Cl)c(Cl)c2)C1. The van der Waals surface area contributed by atoms with Gasteiger partial charge in [-0.2, -0.15) is 0 Å². The van der Waals surface area contributed by atoms with Crippen molar-refractivity contribution in [3.63, 3.8) is 0 Å². The molecule has 0 radical (unpaired) electrons. The number of hydrogen-bond donors (Lipinski definition) is 1. The number of hydrogen-bond acceptors (Lipinski definition) is 2. The van der Waals surface area contributed by atoms with Crippen LogP contribution >= 0.6 is 23.2 Å². The lowest BCUT2D eigenvalue weighted by molar-refractivity contribution is 0.231. The minimum Gasteiger partial charge on any atom is -0.344 e. The van der Waals surface area contributed by atoms with Crippen LogP contribution in [0.4, 0.5) is 5.69 Å². The molecule has 1 heterocycles. The molecule has 5 heteroatoms. The molecule has 5 rings (SSSR count). The molecule has 1 N–H and O–H groups in total. The van der Waals surface area contributed by atoms with Gasteiger partial charge >= 0.3 is 0 Å². The van der Waals surface area contributed by atoms with Crippen LogP contribution in [0, 0.1) is 0 Å². The van der Waals surface area contributed by atoms with Crippen molar-refractivity contribution in [3.05, 3.63) is 117 Å². The summed E-state index contributed by atoms with van der Waals surface area (Å²) in [4.78, 5) is 7.68. The summed E-state index contributed by atoms with van der Waals surface area (Å²) < 4.78 is 0. The molecule has 2 aliphatic rings. The zero-order chi connectivity index (χ0) is 27.4. The number of halogens is 2. The van der Waals surface area contributed by atoms with Crippen LogP contribution in [0.3, 0.4) is 0 Å². The lowest BCUT2D eigenvalue weighted by Gasteiger charge is -2.38. The van der Waals surface area contributed by atoms with E-state index in [2.05, 4.69) is 78.3 Å². The highest BCUT2D eigenvalue weighted by molar-refractivity contribution is 6.42. The molecule has 39 heavy (non-hydrogen) atoms. The molecule has 0 amide bonds. The van der Waals surface area contributed by atoms with Gasteiger partial charge in [0.1, 0.15) is 5.84 Å². The Kier molecular flexibility index (Phi) is 8.61. The first-order valence-corrected chi connectivity index (χ1v) is 14.7. The lowest BCUT2D eigenvalue weighted by atomic mass is 9.66. The van der Waals surface area contributed by atoms with E-state index >= 15 is 0 Å². The average molecular weight is 559 g/mol.